The Kier molecular flexibility index (Phi) is 6.86. The molecule has 5 aromatic rings. The van der Waals surface area contributed by atoms with Crippen LogP contribution in [0.2, 0.25) is 0 Å². The summed E-state index contributed by atoms with van der Waals surface area (Å²) in [6.45, 7) is 5.81. The van der Waals surface area contributed by atoms with Crippen molar-refractivity contribution in [2.24, 2.45) is 0 Å². The fourth-order valence-electron chi connectivity index (χ4n) is 4.34. The van der Waals surface area contributed by atoms with Crippen LogP contribution in [0, 0.1) is 13.8 Å². The van der Waals surface area contributed by atoms with Gasteiger partial charge in [-0.25, -0.2) is 9.50 Å². The number of benzene rings is 3. The smallest absolute Gasteiger partial charge is 0.255 e. The van der Waals surface area contributed by atoms with E-state index in [4.69, 9.17) is 0 Å². The maximum atomic E-state index is 13.2. The van der Waals surface area contributed by atoms with Gasteiger partial charge in [0.2, 0.25) is 0 Å². The van der Waals surface area contributed by atoms with Gasteiger partial charge in [0.1, 0.15) is 11.8 Å². The number of nitrogens with one attached hydrogen (secondary N) is 3. The van der Waals surface area contributed by atoms with Crippen molar-refractivity contribution >= 4 is 34.5 Å². The van der Waals surface area contributed by atoms with Crippen LogP contribution < -0.4 is 16.0 Å². The van der Waals surface area contributed by atoms with Crippen molar-refractivity contribution in [3.05, 3.63) is 119 Å². The SMILES string of the molecule is Cc1ccc(NC(=O)c2ccccc2)cc1Nc1ncnn2cc(C(=O)N[C@@H](C)c3ccccc3)c(C)c12. The van der Waals surface area contributed by atoms with E-state index in [2.05, 4.69) is 26.0 Å². The lowest BCUT2D eigenvalue weighted by Gasteiger charge is -2.14. The minimum absolute atomic E-state index is 0.147. The Morgan fingerprint density at radius 3 is 2.34 bits per heavy atom. The highest BCUT2D eigenvalue weighted by Crippen LogP contribution is 2.29. The zero-order valence-corrected chi connectivity index (χ0v) is 21.4. The molecule has 8 heteroatoms. The average Bonchev–Trinajstić information content (AvgIpc) is 3.28. The highest BCUT2D eigenvalue weighted by molar-refractivity contribution is 6.04. The number of anilines is 3. The number of nitrogens with zero attached hydrogens (tertiary/aromatic N) is 3. The van der Waals surface area contributed by atoms with Crippen LogP contribution in [0.15, 0.2) is 91.4 Å². The molecule has 0 saturated heterocycles. The van der Waals surface area contributed by atoms with E-state index in [-0.39, 0.29) is 17.9 Å². The molecule has 0 aliphatic heterocycles. The highest BCUT2D eigenvalue weighted by Gasteiger charge is 2.20. The van der Waals surface area contributed by atoms with Crippen LogP contribution in [0.3, 0.4) is 0 Å². The van der Waals surface area contributed by atoms with Gasteiger partial charge in [-0.2, -0.15) is 5.10 Å². The number of carbonyl (C=O) groups is 2. The molecule has 0 radical (unpaired) electrons. The van der Waals surface area contributed by atoms with Crippen molar-refractivity contribution < 1.29 is 9.59 Å². The molecule has 0 saturated carbocycles. The summed E-state index contributed by atoms with van der Waals surface area (Å²) in [6.07, 6.45) is 3.16. The molecule has 8 nitrogen and oxygen atoms in total. The maximum Gasteiger partial charge on any atom is 0.255 e. The number of fused-ring (bicyclic) bond motifs is 1. The van der Waals surface area contributed by atoms with Gasteiger partial charge in [-0.05, 0) is 61.7 Å². The molecule has 3 N–H and O–H groups in total. The molecule has 190 valence electrons. The van der Waals surface area contributed by atoms with Crippen molar-refractivity contribution in [3.8, 4) is 0 Å². The monoisotopic (exact) mass is 504 g/mol. The molecule has 0 aliphatic carbocycles. The number of amides is 2. The molecule has 2 heterocycles. The van der Waals surface area contributed by atoms with E-state index in [1.54, 1.807) is 22.8 Å². The lowest BCUT2D eigenvalue weighted by molar-refractivity contribution is 0.0938. The van der Waals surface area contributed by atoms with Crippen LogP contribution in [0.25, 0.3) is 5.52 Å². The van der Waals surface area contributed by atoms with Crippen molar-refractivity contribution in [3.63, 3.8) is 0 Å². The second-order valence-electron chi connectivity index (χ2n) is 9.15. The van der Waals surface area contributed by atoms with E-state index >= 15 is 0 Å². The third-order valence-electron chi connectivity index (χ3n) is 6.50. The fraction of sp³-hybridized carbons (Fsp3) is 0.133. The predicted octanol–water partition coefficient (Wildman–Crippen LogP) is 5.83. The van der Waals surface area contributed by atoms with Crippen LogP contribution in [0.5, 0.6) is 0 Å². The quantitative estimate of drug-likeness (QED) is 0.259. The summed E-state index contributed by atoms with van der Waals surface area (Å²) in [5, 5.41) is 13.7. The van der Waals surface area contributed by atoms with Gasteiger partial charge in [0.05, 0.1) is 11.6 Å². The first-order chi connectivity index (χ1) is 18.4. The highest BCUT2D eigenvalue weighted by atomic mass is 16.2. The first-order valence-electron chi connectivity index (χ1n) is 12.3. The van der Waals surface area contributed by atoms with Gasteiger partial charge in [0.25, 0.3) is 11.8 Å². The third-order valence-corrected chi connectivity index (χ3v) is 6.50. The summed E-state index contributed by atoms with van der Waals surface area (Å²) in [7, 11) is 0. The minimum atomic E-state index is -0.187. The molecule has 2 aromatic heterocycles. The van der Waals surface area contributed by atoms with Gasteiger partial charge in [-0.15, -0.1) is 0 Å². The number of rotatable bonds is 7. The molecule has 1 atom stereocenters. The maximum absolute atomic E-state index is 13.2. The summed E-state index contributed by atoms with van der Waals surface area (Å²) in [5.74, 6) is 0.187. The zero-order valence-electron chi connectivity index (χ0n) is 21.4. The van der Waals surface area contributed by atoms with Crippen molar-refractivity contribution in [2.45, 2.75) is 26.8 Å². The second-order valence-corrected chi connectivity index (χ2v) is 9.15. The Labute approximate surface area is 220 Å². The molecule has 0 aliphatic rings. The van der Waals surface area contributed by atoms with Crippen LogP contribution in [-0.2, 0) is 0 Å². The van der Waals surface area contributed by atoms with Crippen molar-refractivity contribution in [1.29, 1.82) is 0 Å². The molecule has 3 aromatic carbocycles. The van der Waals surface area contributed by atoms with Crippen LogP contribution in [0.4, 0.5) is 17.2 Å². The molecule has 0 spiro atoms. The molecule has 5 rings (SSSR count). The van der Waals surface area contributed by atoms with E-state index < -0.39 is 0 Å². The first kappa shape index (κ1) is 24.7. The first-order valence-corrected chi connectivity index (χ1v) is 12.3. The standard InChI is InChI=1S/C30H28N6O2/c1-19-14-15-24(34-29(37)23-12-8-5-9-13-23)16-26(19)35-28-27-20(2)25(17-36(27)32-18-31-28)30(38)33-21(3)22-10-6-4-7-11-22/h4-18,21H,1-3H3,(H,33,38)(H,34,37)(H,31,32,35)/t21-/m0/s1. The van der Waals surface area contributed by atoms with Gasteiger partial charge in [0.15, 0.2) is 5.82 Å². The number of carbonyl (C=O) groups excluding carboxylic acids is 2. The van der Waals surface area contributed by atoms with Gasteiger partial charge in [0, 0.05) is 23.1 Å². The van der Waals surface area contributed by atoms with E-state index in [9.17, 15) is 9.59 Å². The van der Waals surface area contributed by atoms with Crippen molar-refractivity contribution in [2.75, 3.05) is 10.6 Å². The molecule has 2 amide bonds. The van der Waals surface area contributed by atoms with Crippen LogP contribution in [0.1, 0.15) is 50.4 Å². The van der Waals surface area contributed by atoms with E-state index in [0.717, 1.165) is 22.4 Å². The lowest BCUT2D eigenvalue weighted by atomic mass is 10.1. The van der Waals surface area contributed by atoms with Gasteiger partial charge in [-0.3, -0.25) is 9.59 Å². The number of hydrogen-bond acceptors (Lipinski definition) is 5. The average molecular weight is 505 g/mol. The van der Waals surface area contributed by atoms with Crippen LogP contribution >= 0.6 is 0 Å². The molecule has 0 unspecified atom stereocenters. The number of aryl methyl sites for hydroxylation is 2. The Morgan fingerprint density at radius 1 is 0.895 bits per heavy atom. The molecule has 0 fully saturated rings. The number of aromatic nitrogens is 3. The van der Waals surface area contributed by atoms with Crippen molar-refractivity contribution in [1.82, 2.24) is 19.9 Å². The van der Waals surface area contributed by atoms with Gasteiger partial charge >= 0.3 is 0 Å². The summed E-state index contributed by atoms with van der Waals surface area (Å²) < 4.78 is 1.66. The Hall–Kier alpha value is -4.98. The van der Waals surface area contributed by atoms with Gasteiger partial charge < -0.3 is 16.0 Å². The molecular weight excluding hydrogens is 476 g/mol. The van der Waals surface area contributed by atoms with Crippen LogP contribution in [-0.4, -0.2) is 26.4 Å². The predicted molar refractivity (Wildman–Crippen MR) is 149 cm³/mol. The fourth-order valence-corrected chi connectivity index (χ4v) is 4.34. The largest absolute Gasteiger partial charge is 0.345 e. The van der Waals surface area contributed by atoms with Gasteiger partial charge in [-0.1, -0.05) is 54.6 Å². The summed E-state index contributed by atoms with van der Waals surface area (Å²) in [6, 6.07) is 24.4. The molecule has 38 heavy (non-hydrogen) atoms. The lowest BCUT2D eigenvalue weighted by Crippen LogP contribution is -2.26. The zero-order chi connectivity index (χ0) is 26.6. The van der Waals surface area contributed by atoms with E-state index in [1.807, 2.05) is 87.5 Å². The topological polar surface area (TPSA) is 100 Å². The minimum Gasteiger partial charge on any atom is -0.345 e. The van der Waals surface area contributed by atoms with E-state index in [1.165, 1.54) is 6.33 Å². The normalized spacial score (nSPS) is 11.7. The molecular formula is C30H28N6O2. The Morgan fingerprint density at radius 2 is 1.61 bits per heavy atom. The third kappa shape index (κ3) is 5.10. The summed E-state index contributed by atoms with van der Waals surface area (Å²) in [4.78, 5) is 30.3. The Bertz CT molecular complexity index is 1610. The second kappa shape index (κ2) is 10.6. The van der Waals surface area contributed by atoms with E-state index in [0.29, 0.717) is 28.1 Å². The Balaban J connectivity index is 1.40. The molecule has 0 bridgehead atoms. The summed E-state index contributed by atoms with van der Waals surface area (Å²) >= 11 is 0. The summed E-state index contributed by atoms with van der Waals surface area (Å²) in [5.41, 5.74) is 5.99. The number of hydrogen-bond donors (Lipinski definition) is 3.